The van der Waals surface area contributed by atoms with Gasteiger partial charge in [0.15, 0.2) is 0 Å². The number of hydrogen-bond acceptors (Lipinski definition) is 5. The highest BCUT2D eigenvalue weighted by Gasteiger charge is 2.70. The lowest BCUT2D eigenvalue weighted by atomic mass is 9.60. The second-order valence-corrected chi connectivity index (χ2v) is 9.93. The summed E-state index contributed by atoms with van der Waals surface area (Å²) >= 11 is 0. The average Bonchev–Trinajstić information content (AvgIpc) is 3.00. The van der Waals surface area contributed by atoms with Crippen LogP contribution in [0.3, 0.4) is 0 Å². The van der Waals surface area contributed by atoms with Crippen LogP contribution >= 0.6 is 0 Å². The molecule has 0 aromatic heterocycles. The second kappa shape index (κ2) is 7.31. The quantitative estimate of drug-likeness (QED) is 0.522. The zero-order valence-corrected chi connectivity index (χ0v) is 17.9. The van der Waals surface area contributed by atoms with Gasteiger partial charge >= 0.3 is 11.9 Å². The molecule has 5 nitrogen and oxygen atoms in total. The van der Waals surface area contributed by atoms with Gasteiger partial charge in [-0.3, -0.25) is 14.4 Å². The average molecular weight is 391 g/mol. The van der Waals surface area contributed by atoms with E-state index in [2.05, 4.69) is 20.4 Å². The Balaban J connectivity index is 2.07. The van der Waals surface area contributed by atoms with E-state index < -0.39 is 5.41 Å². The molecule has 3 rings (SSSR count). The predicted octanol–water partition coefficient (Wildman–Crippen LogP) is 4.10. The summed E-state index contributed by atoms with van der Waals surface area (Å²) in [6.07, 6.45) is 2.88. The van der Waals surface area contributed by atoms with Gasteiger partial charge in [-0.25, -0.2) is 0 Å². The molecule has 2 saturated carbocycles. The van der Waals surface area contributed by atoms with Crippen LogP contribution in [0.15, 0.2) is 12.2 Å². The number of hydrogen-bond donors (Lipinski definition) is 0. The van der Waals surface area contributed by atoms with E-state index in [1.807, 2.05) is 13.8 Å². The van der Waals surface area contributed by atoms with E-state index in [0.29, 0.717) is 25.2 Å². The number of ether oxygens (including phenoxy) is 2. The molecular weight excluding hydrogens is 356 g/mol. The molecule has 156 valence electrons. The van der Waals surface area contributed by atoms with Crippen molar-refractivity contribution in [2.45, 2.75) is 72.8 Å². The minimum absolute atomic E-state index is 0.0429. The summed E-state index contributed by atoms with van der Waals surface area (Å²) in [4.78, 5) is 37.7. The summed E-state index contributed by atoms with van der Waals surface area (Å²) in [5.74, 6) is -0.0165. The van der Waals surface area contributed by atoms with Gasteiger partial charge in [0.05, 0.1) is 5.41 Å². The summed E-state index contributed by atoms with van der Waals surface area (Å²) in [7, 11) is 0. The third kappa shape index (κ3) is 3.21. The largest absolute Gasteiger partial charge is 0.462 e. The molecule has 6 unspecified atom stereocenters. The molecular formula is C23H34O5. The first-order chi connectivity index (χ1) is 13.0. The Morgan fingerprint density at radius 1 is 1.32 bits per heavy atom. The first kappa shape index (κ1) is 21.1. The molecule has 5 heteroatoms. The minimum atomic E-state index is -0.830. The van der Waals surface area contributed by atoms with E-state index in [1.54, 1.807) is 0 Å². The van der Waals surface area contributed by atoms with Crippen molar-refractivity contribution in [3.8, 4) is 0 Å². The zero-order valence-electron chi connectivity index (χ0n) is 17.9. The number of esters is 2. The molecule has 0 bridgehead atoms. The first-order valence-corrected chi connectivity index (χ1v) is 10.6. The van der Waals surface area contributed by atoms with E-state index in [4.69, 9.17) is 9.47 Å². The van der Waals surface area contributed by atoms with Crippen LogP contribution in [0.5, 0.6) is 0 Å². The molecule has 0 amide bonds. The molecule has 3 fully saturated rings. The number of fused-ring (bicyclic) bond motifs is 1. The lowest BCUT2D eigenvalue weighted by molar-refractivity contribution is -0.159. The number of Topliss-reactive ketones (excluding diaryl/α,β-unsaturated/α-hetero) is 1. The third-order valence-corrected chi connectivity index (χ3v) is 7.67. The van der Waals surface area contributed by atoms with E-state index in [1.165, 1.54) is 6.92 Å². The molecule has 2 aliphatic carbocycles. The molecule has 1 aliphatic heterocycles. The van der Waals surface area contributed by atoms with Gasteiger partial charge in [-0.1, -0.05) is 34.3 Å². The predicted molar refractivity (Wildman–Crippen MR) is 105 cm³/mol. The number of ketones is 1. The highest BCUT2D eigenvalue weighted by molar-refractivity contribution is 5.87. The van der Waals surface area contributed by atoms with Crippen LogP contribution in [0, 0.1) is 34.5 Å². The van der Waals surface area contributed by atoms with Gasteiger partial charge in [-0.05, 0) is 48.0 Å². The van der Waals surface area contributed by atoms with Crippen molar-refractivity contribution < 1.29 is 23.9 Å². The van der Waals surface area contributed by atoms with Crippen LogP contribution < -0.4 is 0 Å². The van der Waals surface area contributed by atoms with Crippen molar-refractivity contribution in [3.63, 3.8) is 0 Å². The second-order valence-electron chi connectivity index (χ2n) is 9.93. The third-order valence-electron chi connectivity index (χ3n) is 7.67. The van der Waals surface area contributed by atoms with Crippen molar-refractivity contribution in [1.82, 2.24) is 0 Å². The maximum absolute atomic E-state index is 13.0. The van der Waals surface area contributed by atoms with Gasteiger partial charge in [-0.15, -0.1) is 0 Å². The van der Waals surface area contributed by atoms with Crippen molar-refractivity contribution in [2.24, 2.45) is 34.5 Å². The fraction of sp³-hybridized carbons (Fsp3) is 0.783. The van der Waals surface area contributed by atoms with E-state index >= 15 is 0 Å². The molecule has 0 aromatic rings. The lowest BCUT2D eigenvalue weighted by Gasteiger charge is -2.47. The Morgan fingerprint density at radius 3 is 2.54 bits per heavy atom. The monoisotopic (exact) mass is 390 g/mol. The number of rotatable bonds is 5. The Labute approximate surface area is 168 Å². The Kier molecular flexibility index (Phi) is 5.50. The van der Waals surface area contributed by atoms with Crippen LogP contribution in [0.25, 0.3) is 0 Å². The molecule has 0 aromatic carbocycles. The molecule has 1 saturated heterocycles. The first-order valence-electron chi connectivity index (χ1n) is 10.6. The number of carbonyl (C=O) groups is 3. The van der Waals surface area contributed by atoms with Crippen LogP contribution in [0.2, 0.25) is 0 Å². The van der Waals surface area contributed by atoms with Crippen molar-refractivity contribution >= 4 is 17.7 Å². The van der Waals surface area contributed by atoms with E-state index in [0.717, 1.165) is 18.4 Å². The molecule has 0 radical (unpaired) electrons. The van der Waals surface area contributed by atoms with E-state index in [-0.39, 0.29) is 53.6 Å². The highest BCUT2D eigenvalue weighted by atomic mass is 16.5. The number of cyclic esters (lactones) is 1. The SMILES string of the molecule is C=C1COC(=O)C12CC1(C)C(C)CCC(OC(C)=O)C1C2CC(=O)CC(C)C. The van der Waals surface area contributed by atoms with Crippen LogP contribution in [0.1, 0.15) is 66.7 Å². The molecule has 6 atom stereocenters. The van der Waals surface area contributed by atoms with E-state index in [9.17, 15) is 14.4 Å². The summed E-state index contributed by atoms with van der Waals surface area (Å²) in [5.41, 5.74) is -0.250. The summed E-state index contributed by atoms with van der Waals surface area (Å²) < 4.78 is 11.2. The zero-order chi connectivity index (χ0) is 20.9. The molecule has 0 N–H and O–H groups in total. The minimum Gasteiger partial charge on any atom is -0.462 e. The summed E-state index contributed by atoms with van der Waals surface area (Å²) in [6, 6.07) is 0. The standard InChI is InChI=1S/C23H34O5/c1-13(2)9-17(25)10-18-20-19(28-16(5)24)8-7-14(3)22(20,6)12-23(18)15(4)11-27-21(23)26/h13-14,18-20H,4,7-12H2,1-3,5-6H3. The fourth-order valence-corrected chi connectivity index (χ4v) is 6.32. The van der Waals surface area contributed by atoms with Crippen LogP contribution in [-0.2, 0) is 23.9 Å². The normalized spacial score (nSPS) is 39.9. The van der Waals surface area contributed by atoms with Gasteiger partial charge < -0.3 is 9.47 Å². The van der Waals surface area contributed by atoms with Gasteiger partial charge in [0, 0.05) is 25.7 Å². The van der Waals surface area contributed by atoms with Gasteiger partial charge in [0.25, 0.3) is 0 Å². The molecule has 1 heterocycles. The number of carbonyl (C=O) groups excluding carboxylic acids is 3. The van der Waals surface area contributed by atoms with Crippen molar-refractivity contribution in [2.75, 3.05) is 6.61 Å². The Bertz CT molecular complexity index is 677. The smallest absolute Gasteiger partial charge is 0.316 e. The fourth-order valence-electron chi connectivity index (χ4n) is 6.32. The maximum atomic E-state index is 13.0. The molecule has 3 aliphatic rings. The Morgan fingerprint density at radius 2 is 2.00 bits per heavy atom. The molecule has 1 spiro atoms. The van der Waals surface area contributed by atoms with Gasteiger partial charge in [0.2, 0.25) is 0 Å². The lowest BCUT2D eigenvalue weighted by Crippen LogP contribution is -2.46. The van der Waals surface area contributed by atoms with Crippen LogP contribution in [-0.4, -0.2) is 30.4 Å². The summed E-state index contributed by atoms with van der Waals surface area (Å²) in [5, 5.41) is 0. The molecule has 28 heavy (non-hydrogen) atoms. The highest BCUT2D eigenvalue weighted by Crippen LogP contribution is 2.68. The van der Waals surface area contributed by atoms with Crippen molar-refractivity contribution in [3.05, 3.63) is 12.2 Å². The maximum Gasteiger partial charge on any atom is 0.316 e. The van der Waals surface area contributed by atoms with Crippen molar-refractivity contribution in [1.29, 1.82) is 0 Å². The Hall–Kier alpha value is -1.65. The van der Waals surface area contributed by atoms with Gasteiger partial charge in [-0.2, -0.15) is 0 Å². The summed E-state index contributed by atoms with van der Waals surface area (Å²) in [6.45, 7) is 14.3. The van der Waals surface area contributed by atoms with Crippen LogP contribution in [0.4, 0.5) is 0 Å². The topological polar surface area (TPSA) is 69.7 Å². The van der Waals surface area contributed by atoms with Gasteiger partial charge in [0.1, 0.15) is 18.5 Å².